The summed E-state index contributed by atoms with van der Waals surface area (Å²) in [5.41, 5.74) is 1.68. The number of thiophene rings is 1. The Morgan fingerprint density at radius 1 is 1.37 bits per heavy atom. The molecule has 2 nitrogen and oxygen atoms in total. The van der Waals surface area contributed by atoms with Gasteiger partial charge in [0.2, 0.25) is 0 Å². The Kier molecular flexibility index (Phi) is 4.96. The molecule has 19 heavy (non-hydrogen) atoms. The highest BCUT2D eigenvalue weighted by molar-refractivity contribution is 9.10. The molecule has 0 bridgehead atoms. The van der Waals surface area contributed by atoms with E-state index in [2.05, 4.69) is 21.2 Å². The predicted octanol–water partition coefficient (Wildman–Crippen LogP) is 4.36. The number of nitrogens with one attached hydrogen (secondary N) is 1. The Balaban J connectivity index is 2.42. The van der Waals surface area contributed by atoms with Crippen molar-refractivity contribution in [2.75, 3.05) is 13.7 Å². The first kappa shape index (κ1) is 14.5. The first-order valence-corrected chi connectivity index (χ1v) is 7.69. The lowest BCUT2D eigenvalue weighted by molar-refractivity contribution is 0.410. The molecule has 0 aliphatic rings. The third-order valence-corrected chi connectivity index (χ3v) is 4.63. The minimum atomic E-state index is -0.261. The van der Waals surface area contributed by atoms with E-state index in [1.54, 1.807) is 23.5 Å². The highest BCUT2D eigenvalue weighted by Crippen LogP contribution is 2.33. The third-order valence-electron chi connectivity index (χ3n) is 2.88. The normalized spacial score (nSPS) is 12.4. The molecule has 0 saturated heterocycles. The predicted molar refractivity (Wildman–Crippen MR) is 80.5 cm³/mol. The lowest BCUT2D eigenvalue weighted by Gasteiger charge is -2.19. The molecule has 0 radical (unpaired) electrons. The maximum Gasteiger partial charge on any atom is 0.132 e. The van der Waals surface area contributed by atoms with Crippen LogP contribution in [0.4, 0.5) is 4.39 Å². The van der Waals surface area contributed by atoms with Crippen molar-refractivity contribution in [1.29, 1.82) is 0 Å². The van der Waals surface area contributed by atoms with E-state index in [0.29, 0.717) is 11.3 Å². The fraction of sp³-hybridized carbons (Fsp3) is 0.286. The van der Waals surface area contributed by atoms with Crippen LogP contribution in [0, 0.1) is 5.82 Å². The van der Waals surface area contributed by atoms with Crippen LogP contribution < -0.4 is 10.1 Å². The molecular formula is C14H15BrFNOS. The van der Waals surface area contributed by atoms with Gasteiger partial charge in [-0.3, -0.25) is 0 Å². The van der Waals surface area contributed by atoms with Crippen LogP contribution in [0.5, 0.6) is 5.75 Å². The standard InChI is InChI=1S/C14H15BrFNOS/c1-3-17-14(11-7-19-8-12(11)15)10-5-4-9(18-2)6-13(10)16/h4-8,14,17H,3H2,1-2H3. The molecule has 5 heteroatoms. The van der Waals surface area contributed by atoms with Gasteiger partial charge in [0.15, 0.2) is 0 Å². The van der Waals surface area contributed by atoms with Gasteiger partial charge in [-0.2, -0.15) is 11.3 Å². The van der Waals surface area contributed by atoms with Crippen LogP contribution in [0.2, 0.25) is 0 Å². The number of halogens is 2. The van der Waals surface area contributed by atoms with Crippen LogP contribution in [0.3, 0.4) is 0 Å². The monoisotopic (exact) mass is 343 g/mol. The van der Waals surface area contributed by atoms with E-state index in [4.69, 9.17) is 4.74 Å². The largest absolute Gasteiger partial charge is 0.497 e. The number of methoxy groups -OCH3 is 1. The second-order valence-corrected chi connectivity index (χ2v) is 5.65. The van der Waals surface area contributed by atoms with Gasteiger partial charge in [-0.1, -0.05) is 13.0 Å². The molecule has 102 valence electrons. The molecule has 2 rings (SSSR count). The Hall–Kier alpha value is -0.910. The highest BCUT2D eigenvalue weighted by Gasteiger charge is 2.20. The van der Waals surface area contributed by atoms with Crippen LogP contribution >= 0.6 is 27.3 Å². The van der Waals surface area contributed by atoms with Crippen LogP contribution in [-0.4, -0.2) is 13.7 Å². The number of hydrogen-bond acceptors (Lipinski definition) is 3. The Morgan fingerprint density at radius 2 is 2.16 bits per heavy atom. The first-order valence-electron chi connectivity index (χ1n) is 5.95. The minimum absolute atomic E-state index is 0.156. The zero-order valence-electron chi connectivity index (χ0n) is 10.7. The van der Waals surface area contributed by atoms with E-state index in [9.17, 15) is 4.39 Å². The summed E-state index contributed by atoms with van der Waals surface area (Å²) >= 11 is 5.10. The van der Waals surface area contributed by atoms with Crippen molar-refractivity contribution in [3.63, 3.8) is 0 Å². The summed E-state index contributed by atoms with van der Waals surface area (Å²) in [5, 5.41) is 7.35. The van der Waals surface area contributed by atoms with Crippen molar-refractivity contribution < 1.29 is 9.13 Å². The summed E-state index contributed by atoms with van der Waals surface area (Å²) in [6.07, 6.45) is 0. The average molecular weight is 344 g/mol. The zero-order chi connectivity index (χ0) is 13.8. The van der Waals surface area contributed by atoms with Crippen molar-refractivity contribution in [3.8, 4) is 5.75 Å². The fourth-order valence-electron chi connectivity index (χ4n) is 1.96. The zero-order valence-corrected chi connectivity index (χ0v) is 13.1. The molecule has 2 aromatic rings. The molecule has 1 heterocycles. The van der Waals surface area contributed by atoms with Crippen molar-refractivity contribution in [2.24, 2.45) is 0 Å². The van der Waals surface area contributed by atoms with E-state index in [0.717, 1.165) is 16.6 Å². The molecule has 1 N–H and O–H groups in total. The van der Waals surface area contributed by atoms with E-state index in [1.807, 2.05) is 17.7 Å². The van der Waals surface area contributed by atoms with E-state index >= 15 is 0 Å². The second-order valence-electron chi connectivity index (χ2n) is 4.05. The summed E-state index contributed by atoms with van der Waals surface area (Å²) < 4.78 is 20.2. The lowest BCUT2D eigenvalue weighted by atomic mass is 10.0. The van der Waals surface area contributed by atoms with E-state index < -0.39 is 0 Å². The van der Waals surface area contributed by atoms with Gasteiger partial charge in [-0.15, -0.1) is 0 Å². The summed E-state index contributed by atoms with van der Waals surface area (Å²) in [6, 6.07) is 4.81. The number of rotatable bonds is 5. The highest BCUT2D eigenvalue weighted by atomic mass is 79.9. The number of benzene rings is 1. The summed E-state index contributed by atoms with van der Waals surface area (Å²) in [7, 11) is 1.53. The Bertz CT molecular complexity index is 558. The maximum absolute atomic E-state index is 14.2. The van der Waals surface area contributed by atoms with Crippen LogP contribution in [0.1, 0.15) is 24.1 Å². The average Bonchev–Trinajstić information content (AvgIpc) is 2.82. The van der Waals surface area contributed by atoms with Crippen LogP contribution in [0.15, 0.2) is 33.4 Å². The SMILES string of the molecule is CCNC(c1ccc(OC)cc1F)c1cscc1Br. The molecule has 1 atom stereocenters. The molecule has 1 aromatic heterocycles. The third kappa shape index (κ3) is 3.16. The van der Waals surface area contributed by atoms with E-state index in [1.165, 1.54) is 13.2 Å². The molecule has 0 saturated carbocycles. The van der Waals surface area contributed by atoms with Crippen LogP contribution in [0.25, 0.3) is 0 Å². The van der Waals surface area contributed by atoms with Crippen molar-refractivity contribution >= 4 is 27.3 Å². The van der Waals surface area contributed by atoms with Gasteiger partial charge in [0, 0.05) is 21.5 Å². The molecule has 1 unspecified atom stereocenters. The van der Waals surface area contributed by atoms with Gasteiger partial charge >= 0.3 is 0 Å². The Labute approximate surface area is 124 Å². The Morgan fingerprint density at radius 3 is 2.68 bits per heavy atom. The maximum atomic E-state index is 14.2. The molecule has 0 spiro atoms. The van der Waals surface area contributed by atoms with Gasteiger partial charge in [0.1, 0.15) is 11.6 Å². The van der Waals surface area contributed by atoms with Gasteiger partial charge in [-0.05, 0) is 39.5 Å². The summed E-state index contributed by atoms with van der Waals surface area (Å²) in [5.74, 6) is 0.268. The number of hydrogen-bond donors (Lipinski definition) is 1. The fourth-order valence-corrected chi connectivity index (χ4v) is 3.51. The quantitative estimate of drug-likeness (QED) is 0.870. The molecule has 1 aromatic carbocycles. The summed E-state index contributed by atoms with van der Waals surface area (Å²) in [6.45, 7) is 2.77. The second kappa shape index (κ2) is 6.50. The van der Waals surface area contributed by atoms with Crippen LogP contribution in [-0.2, 0) is 0 Å². The molecule has 0 aliphatic heterocycles. The van der Waals surface area contributed by atoms with Gasteiger partial charge in [0.05, 0.1) is 13.2 Å². The molecule has 0 amide bonds. The first-order chi connectivity index (χ1) is 9.17. The van der Waals surface area contributed by atoms with Crippen molar-refractivity contribution in [2.45, 2.75) is 13.0 Å². The van der Waals surface area contributed by atoms with Gasteiger partial charge in [-0.25, -0.2) is 4.39 Å². The smallest absolute Gasteiger partial charge is 0.132 e. The van der Waals surface area contributed by atoms with Crippen molar-refractivity contribution in [1.82, 2.24) is 5.32 Å². The van der Waals surface area contributed by atoms with Gasteiger partial charge in [0.25, 0.3) is 0 Å². The molecule has 0 fully saturated rings. The van der Waals surface area contributed by atoms with E-state index in [-0.39, 0.29) is 11.9 Å². The lowest BCUT2D eigenvalue weighted by Crippen LogP contribution is -2.22. The van der Waals surface area contributed by atoms with Gasteiger partial charge < -0.3 is 10.1 Å². The topological polar surface area (TPSA) is 21.3 Å². The summed E-state index contributed by atoms with van der Waals surface area (Å²) in [4.78, 5) is 0. The van der Waals surface area contributed by atoms with Crippen molar-refractivity contribution in [3.05, 3.63) is 50.4 Å². The minimum Gasteiger partial charge on any atom is -0.497 e. The molecular weight excluding hydrogens is 329 g/mol. The molecule has 0 aliphatic carbocycles. The number of ether oxygens (including phenoxy) is 1.